The van der Waals surface area contributed by atoms with Crippen molar-refractivity contribution >= 4 is 18.6 Å². The topological polar surface area (TPSA) is 73.4 Å². The molecule has 1 N–H and O–H groups in total. The van der Waals surface area contributed by atoms with Crippen molar-refractivity contribution in [1.29, 1.82) is 0 Å². The molecule has 0 saturated carbocycles. The second-order valence-electron chi connectivity index (χ2n) is 8.22. The minimum Gasteiger partial charge on any atom is -0.465 e. The minimum atomic E-state index is -0.633. The lowest BCUT2D eigenvalue weighted by Gasteiger charge is -2.32. The molecule has 0 radical (unpaired) electrons. The van der Waals surface area contributed by atoms with Crippen molar-refractivity contribution in [3.05, 3.63) is 35.8 Å². The van der Waals surface area contributed by atoms with Crippen molar-refractivity contribution in [3.8, 4) is 11.3 Å². The van der Waals surface area contributed by atoms with E-state index < -0.39 is 24.3 Å². The van der Waals surface area contributed by atoms with Gasteiger partial charge in [-0.15, -0.1) is 0 Å². The smallest absolute Gasteiger partial charge is 0.465 e. The fourth-order valence-electron chi connectivity index (χ4n) is 2.96. The number of ether oxygens (including phenoxy) is 1. The van der Waals surface area contributed by atoms with E-state index in [1.54, 1.807) is 12.3 Å². The molecule has 1 aliphatic rings. The van der Waals surface area contributed by atoms with Crippen LogP contribution in [0.5, 0.6) is 0 Å². The maximum absolute atomic E-state index is 12.5. The maximum Gasteiger partial charge on any atom is 0.495 e. The Labute approximate surface area is 160 Å². The summed E-state index contributed by atoms with van der Waals surface area (Å²) < 4.78 is 17.2. The highest BCUT2D eigenvalue weighted by atomic mass is 16.7. The number of methoxy groups -OCH3 is 1. The average Bonchev–Trinajstić information content (AvgIpc) is 3.17. The molecule has 144 valence electrons. The molecule has 0 spiro atoms. The molecule has 27 heavy (non-hydrogen) atoms. The monoisotopic (exact) mass is 370 g/mol. The summed E-state index contributed by atoms with van der Waals surface area (Å²) in [5.41, 5.74) is 1.82. The third-order valence-electron chi connectivity index (χ3n) is 5.42. The summed E-state index contributed by atoms with van der Waals surface area (Å²) >= 11 is 0. The number of hydrogen-bond donors (Lipinski definition) is 1. The zero-order valence-electron chi connectivity index (χ0n) is 17.0. The maximum atomic E-state index is 12.5. The van der Waals surface area contributed by atoms with Crippen LogP contribution in [0.2, 0.25) is 0 Å². The van der Waals surface area contributed by atoms with Crippen LogP contribution >= 0.6 is 0 Å². The van der Waals surface area contributed by atoms with Crippen LogP contribution in [0.1, 0.15) is 63.6 Å². The number of H-pyrrole nitrogens is 1. The standard InChI is InChI=1S/C20H27BN2O4/c1-12(2)17-22-11-16(23-17)13-8-9-15(14(10-13)18(24)25-7)21-26-19(3,4)20(5,6)27-21/h8-12H,1-7H3,(H,22,23). The number of nitrogens with zero attached hydrogens (tertiary/aromatic N) is 1. The van der Waals surface area contributed by atoms with Crippen LogP contribution in [0.25, 0.3) is 11.3 Å². The molecular weight excluding hydrogens is 343 g/mol. The molecule has 3 rings (SSSR count). The zero-order valence-corrected chi connectivity index (χ0v) is 17.0. The van der Waals surface area contributed by atoms with Crippen molar-refractivity contribution in [2.75, 3.05) is 7.11 Å². The Morgan fingerprint density at radius 2 is 1.81 bits per heavy atom. The highest BCUT2D eigenvalue weighted by Gasteiger charge is 2.52. The Hall–Kier alpha value is -2.12. The van der Waals surface area contributed by atoms with Gasteiger partial charge in [0, 0.05) is 11.5 Å². The molecule has 1 fully saturated rings. The number of aromatic nitrogens is 2. The van der Waals surface area contributed by atoms with Crippen LogP contribution in [0.4, 0.5) is 0 Å². The van der Waals surface area contributed by atoms with E-state index >= 15 is 0 Å². The van der Waals surface area contributed by atoms with Crippen LogP contribution in [-0.4, -0.2) is 41.4 Å². The Bertz CT molecular complexity index is 841. The van der Waals surface area contributed by atoms with Gasteiger partial charge < -0.3 is 19.0 Å². The lowest BCUT2D eigenvalue weighted by atomic mass is 9.75. The number of esters is 1. The molecule has 2 aromatic rings. The van der Waals surface area contributed by atoms with Gasteiger partial charge >= 0.3 is 13.1 Å². The lowest BCUT2D eigenvalue weighted by Crippen LogP contribution is -2.41. The van der Waals surface area contributed by atoms with E-state index in [0.29, 0.717) is 16.9 Å². The van der Waals surface area contributed by atoms with Gasteiger partial charge in [-0.1, -0.05) is 26.0 Å². The summed E-state index contributed by atoms with van der Waals surface area (Å²) in [4.78, 5) is 20.2. The Morgan fingerprint density at radius 1 is 1.19 bits per heavy atom. The quantitative estimate of drug-likeness (QED) is 0.661. The highest BCUT2D eigenvalue weighted by molar-refractivity contribution is 6.63. The van der Waals surface area contributed by atoms with E-state index in [-0.39, 0.29) is 0 Å². The van der Waals surface area contributed by atoms with Crippen molar-refractivity contribution in [3.63, 3.8) is 0 Å². The molecule has 0 unspecified atom stereocenters. The van der Waals surface area contributed by atoms with Gasteiger partial charge in [0.2, 0.25) is 0 Å². The molecule has 0 bridgehead atoms. The van der Waals surface area contributed by atoms with E-state index in [2.05, 4.69) is 23.8 Å². The number of carbonyl (C=O) groups excluding carboxylic acids is 1. The van der Waals surface area contributed by atoms with Crippen LogP contribution in [-0.2, 0) is 14.0 Å². The number of hydrogen-bond acceptors (Lipinski definition) is 5. The van der Waals surface area contributed by atoms with Crippen LogP contribution in [0.15, 0.2) is 24.4 Å². The van der Waals surface area contributed by atoms with Crippen LogP contribution in [0, 0.1) is 0 Å². The number of aromatic amines is 1. The Morgan fingerprint density at radius 3 is 2.33 bits per heavy atom. The molecule has 2 heterocycles. The summed E-state index contributed by atoms with van der Waals surface area (Å²) in [6.07, 6.45) is 1.78. The summed E-state index contributed by atoms with van der Waals surface area (Å²) in [5, 5.41) is 0. The predicted molar refractivity (Wildman–Crippen MR) is 105 cm³/mol. The van der Waals surface area contributed by atoms with Crippen molar-refractivity contribution in [2.24, 2.45) is 0 Å². The molecular formula is C20H27BN2O4. The van der Waals surface area contributed by atoms with Gasteiger partial charge in [-0.2, -0.15) is 0 Å². The minimum absolute atomic E-state index is 0.294. The number of benzene rings is 1. The first-order chi connectivity index (χ1) is 12.6. The number of imidazole rings is 1. The average molecular weight is 370 g/mol. The first-order valence-electron chi connectivity index (χ1n) is 9.19. The summed E-state index contributed by atoms with van der Waals surface area (Å²) in [6, 6.07) is 5.59. The molecule has 0 atom stereocenters. The molecule has 7 heteroatoms. The van der Waals surface area contributed by atoms with E-state index in [1.807, 2.05) is 39.8 Å². The van der Waals surface area contributed by atoms with Crippen molar-refractivity contribution in [1.82, 2.24) is 9.97 Å². The van der Waals surface area contributed by atoms with Crippen molar-refractivity contribution < 1.29 is 18.8 Å². The molecule has 0 amide bonds. The third kappa shape index (κ3) is 3.54. The molecule has 1 aromatic carbocycles. The fraction of sp³-hybridized carbons (Fsp3) is 0.500. The summed E-state index contributed by atoms with van der Waals surface area (Å²) in [5.74, 6) is 0.771. The molecule has 6 nitrogen and oxygen atoms in total. The summed E-state index contributed by atoms with van der Waals surface area (Å²) in [7, 11) is 0.738. The SMILES string of the molecule is COC(=O)c1cc(-c2cnc(C(C)C)[nH]2)ccc1B1OC(C)(C)C(C)(C)O1. The zero-order chi connectivity index (χ0) is 20.0. The van der Waals surface area contributed by atoms with Gasteiger partial charge in [-0.25, -0.2) is 9.78 Å². The van der Waals surface area contributed by atoms with Gasteiger partial charge in [-0.05, 0) is 39.2 Å². The van der Waals surface area contributed by atoms with Crippen molar-refractivity contribution in [2.45, 2.75) is 58.7 Å². The van der Waals surface area contributed by atoms with Gasteiger partial charge in [-0.3, -0.25) is 0 Å². The van der Waals surface area contributed by atoms with Gasteiger partial charge in [0.1, 0.15) is 5.82 Å². The summed E-state index contributed by atoms with van der Waals surface area (Å²) in [6.45, 7) is 12.1. The Kier molecular flexibility index (Phi) is 4.95. The first-order valence-corrected chi connectivity index (χ1v) is 9.19. The molecule has 1 aromatic heterocycles. The lowest BCUT2D eigenvalue weighted by molar-refractivity contribution is 0.00578. The predicted octanol–water partition coefficient (Wildman–Crippen LogP) is 3.29. The van der Waals surface area contributed by atoms with Gasteiger partial charge in [0.25, 0.3) is 0 Å². The molecule has 1 aliphatic heterocycles. The first kappa shape index (κ1) is 19.6. The van der Waals surface area contributed by atoms with Crippen LogP contribution < -0.4 is 5.46 Å². The van der Waals surface area contributed by atoms with E-state index in [1.165, 1.54) is 7.11 Å². The molecule has 0 aliphatic carbocycles. The van der Waals surface area contributed by atoms with Gasteiger partial charge in [0.05, 0.1) is 35.8 Å². The third-order valence-corrected chi connectivity index (χ3v) is 5.42. The number of rotatable bonds is 4. The van der Waals surface area contributed by atoms with E-state index in [9.17, 15) is 4.79 Å². The number of carbonyl (C=O) groups is 1. The molecule has 1 saturated heterocycles. The van der Waals surface area contributed by atoms with E-state index in [4.69, 9.17) is 14.0 Å². The second-order valence-corrected chi connectivity index (χ2v) is 8.22. The fourth-order valence-corrected chi connectivity index (χ4v) is 2.96. The largest absolute Gasteiger partial charge is 0.495 e. The number of nitrogens with one attached hydrogen (secondary N) is 1. The van der Waals surface area contributed by atoms with E-state index in [0.717, 1.165) is 17.1 Å². The second kappa shape index (κ2) is 6.80. The Balaban J connectivity index is 2.02. The highest BCUT2D eigenvalue weighted by Crippen LogP contribution is 2.37. The van der Waals surface area contributed by atoms with Crippen LogP contribution in [0.3, 0.4) is 0 Å². The van der Waals surface area contributed by atoms with Gasteiger partial charge in [0.15, 0.2) is 0 Å². The normalized spacial score (nSPS) is 18.1.